The molecule has 1 atom stereocenters. The zero-order valence-corrected chi connectivity index (χ0v) is 23.2. The number of anilines is 1. The molecule has 0 N–H and O–H groups in total. The average molecular weight is 543 g/mol. The lowest BCUT2D eigenvalue weighted by Gasteiger charge is -2.44. The fourth-order valence-corrected chi connectivity index (χ4v) is 11.0. The second kappa shape index (κ2) is 9.93. The number of morpholine rings is 1. The molecule has 1 saturated carbocycles. The molecule has 1 aliphatic carbocycles. The molecule has 2 aliphatic heterocycles. The molecule has 1 saturated heterocycles. The monoisotopic (exact) mass is 541 g/mol. The molecule has 0 spiro atoms. The maximum atomic E-state index is 5.83. The van der Waals surface area contributed by atoms with Crippen LogP contribution < -0.4 is 4.90 Å². The van der Waals surface area contributed by atoms with Gasteiger partial charge in [-0.1, -0.05) is 63.4 Å². The van der Waals surface area contributed by atoms with Crippen molar-refractivity contribution >= 4 is 34.5 Å². The zero-order chi connectivity index (χ0) is 23.8. The molecule has 0 bridgehead atoms. The van der Waals surface area contributed by atoms with Crippen LogP contribution in [0, 0.1) is 0 Å². The van der Waals surface area contributed by atoms with Gasteiger partial charge in [-0.3, -0.25) is 4.67 Å². The summed E-state index contributed by atoms with van der Waals surface area (Å²) < 4.78 is 15.4. The smallest absolute Gasteiger partial charge is 0.0774 e. The number of halogens is 1. The van der Waals surface area contributed by atoms with Crippen LogP contribution in [0.15, 0.2) is 69.3 Å². The van der Waals surface area contributed by atoms with Gasteiger partial charge in [0.1, 0.15) is 0 Å². The molecule has 6 heteroatoms. The third-order valence-corrected chi connectivity index (χ3v) is 12.7. The molecule has 2 aromatic carbocycles. The molecule has 0 radical (unpaired) electrons. The van der Waals surface area contributed by atoms with Crippen LogP contribution in [0.25, 0.3) is 0 Å². The third-order valence-electron chi connectivity index (χ3n) is 7.93. The van der Waals surface area contributed by atoms with E-state index in [4.69, 9.17) is 9.48 Å². The fourth-order valence-electron chi connectivity index (χ4n) is 6.04. The van der Waals surface area contributed by atoms with Gasteiger partial charge in [0, 0.05) is 47.1 Å². The highest BCUT2D eigenvalue weighted by molar-refractivity contribution is 9.10. The number of fused-ring (bicyclic) bond motifs is 1. The second-order valence-corrected chi connectivity index (χ2v) is 14.3. The van der Waals surface area contributed by atoms with Gasteiger partial charge in [0.25, 0.3) is 0 Å². The van der Waals surface area contributed by atoms with Crippen LogP contribution in [0.5, 0.6) is 0 Å². The fraction of sp³-hybridized carbons (Fsp3) is 0.500. The summed E-state index contributed by atoms with van der Waals surface area (Å²) in [5.74, 6) is 2.66. The summed E-state index contributed by atoms with van der Waals surface area (Å²) in [6.45, 7) is 8.27. The Morgan fingerprint density at radius 1 is 1.00 bits per heavy atom. The van der Waals surface area contributed by atoms with Crippen molar-refractivity contribution < 1.29 is 4.74 Å². The van der Waals surface area contributed by atoms with Gasteiger partial charge < -0.3 is 9.64 Å². The molecule has 5 rings (SSSR count). The van der Waals surface area contributed by atoms with E-state index in [-0.39, 0.29) is 5.41 Å². The van der Waals surface area contributed by atoms with Crippen LogP contribution in [0.1, 0.15) is 51.5 Å². The zero-order valence-electron chi connectivity index (χ0n) is 20.7. The summed E-state index contributed by atoms with van der Waals surface area (Å²) >= 11 is 3.82. The van der Waals surface area contributed by atoms with E-state index in [0.29, 0.717) is 5.66 Å². The lowest BCUT2D eigenvalue weighted by atomic mass is 9.84. The second-order valence-electron chi connectivity index (χ2n) is 10.3. The Morgan fingerprint density at radius 3 is 2.38 bits per heavy atom. The maximum absolute atomic E-state index is 5.83. The number of likely N-dealkylation sites (N-methyl/N-ethyl adjacent to an activating group) is 1. The van der Waals surface area contributed by atoms with Gasteiger partial charge in [-0.05, 0) is 58.4 Å². The van der Waals surface area contributed by atoms with Gasteiger partial charge in [0.15, 0.2) is 0 Å². The normalized spacial score (nSPS) is 24.1. The highest BCUT2D eigenvalue weighted by atomic mass is 79.9. The van der Waals surface area contributed by atoms with Crippen molar-refractivity contribution in [2.45, 2.75) is 57.0 Å². The van der Waals surface area contributed by atoms with Crippen molar-refractivity contribution in [1.82, 2.24) is 4.67 Å². The van der Waals surface area contributed by atoms with E-state index in [1.807, 2.05) is 0 Å². The van der Waals surface area contributed by atoms with Crippen molar-refractivity contribution in [2.24, 2.45) is 4.74 Å². The summed E-state index contributed by atoms with van der Waals surface area (Å²) in [5.41, 5.74) is 5.75. The molecular formula is C28H37BrN3OP. The molecule has 182 valence electrons. The van der Waals surface area contributed by atoms with E-state index < -0.39 is 7.21 Å². The van der Waals surface area contributed by atoms with Gasteiger partial charge in [0.2, 0.25) is 0 Å². The van der Waals surface area contributed by atoms with Crippen molar-refractivity contribution in [2.75, 3.05) is 38.3 Å². The van der Waals surface area contributed by atoms with Gasteiger partial charge in [-0.2, -0.15) is 0 Å². The van der Waals surface area contributed by atoms with Crippen LogP contribution in [0.3, 0.4) is 0 Å². The Balaban J connectivity index is 1.76. The Kier molecular flexibility index (Phi) is 7.10. The first kappa shape index (κ1) is 24.3. The van der Waals surface area contributed by atoms with Crippen molar-refractivity contribution in [1.29, 1.82) is 0 Å². The predicted octanol–water partition coefficient (Wildman–Crippen LogP) is 8.13. The van der Waals surface area contributed by atoms with Crippen molar-refractivity contribution in [3.63, 3.8) is 0 Å². The first-order chi connectivity index (χ1) is 16.4. The van der Waals surface area contributed by atoms with E-state index in [1.165, 1.54) is 49.1 Å². The highest BCUT2D eigenvalue weighted by Gasteiger charge is 2.43. The maximum Gasteiger partial charge on any atom is 0.0774 e. The summed E-state index contributed by atoms with van der Waals surface area (Å²) in [6.07, 6.45) is 6.50. The Hall–Kier alpha value is -1.39. The van der Waals surface area contributed by atoms with Crippen LogP contribution in [-0.4, -0.2) is 43.7 Å². The molecule has 2 aromatic rings. The van der Waals surface area contributed by atoms with Crippen molar-refractivity contribution in [3.8, 4) is 0 Å². The van der Waals surface area contributed by atoms with Crippen LogP contribution in [0.2, 0.25) is 0 Å². The highest BCUT2D eigenvalue weighted by Crippen LogP contribution is 2.67. The van der Waals surface area contributed by atoms with E-state index in [9.17, 15) is 0 Å². The molecular weight excluding hydrogens is 505 g/mol. The SMILES string of the molecule is CN1/C(=C\P(=Nc2ccccc2Br)(C2CCCCC2)N2CCOCC2)C(C)(C)c2ccccc21. The van der Waals surface area contributed by atoms with Crippen LogP contribution in [0.4, 0.5) is 11.4 Å². The minimum atomic E-state index is -2.05. The quantitative estimate of drug-likeness (QED) is 0.365. The molecule has 34 heavy (non-hydrogen) atoms. The van der Waals surface area contributed by atoms with Gasteiger partial charge >= 0.3 is 0 Å². The number of benzene rings is 2. The minimum Gasteiger partial charge on any atom is -0.379 e. The lowest BCUT2D eigenvalue weighted by molar-refractivity contribution is 0.0738. The largest absolute Gasteiger partial charge is 0.379 e. The number of hydrogen-bond donors (Lipinski definition) is 0. The first-order valence-corrected chi connectivity index (χ1v) is 15.3. The Labute approximate surface area is 213 Å². The summed E-state index contributed by atoms with van der Waals surface area (Å²) in [4.78, 5) is 2.43. The van der Waals surface area contributed by atoms with Gasteiger partial charge in [-0.15, -0.1) is 0 Å². The molecule has 4 nitrogen and oxygen atoms in total. The molecule has 3 aliphatic rings. The summed E-state index contributed by atoms with van der Waals surface area (Å²) in [7, 11) is 0.197. The number of allylic oxidation sites excluding steroid dienone is 1. The number of hydrogen-bond acceptors (Lipinski definition) is 3. The van der Waals surface area contributed by atoms with E-state index in [2.05, 4.69) is 101 Å². The average Bonchev–Trinajstić information content (AvgIpc) is 3.06. The van der Waals surface area contributed by atoms with E-state index in [1.54, 1.807) is 0 Å². The standard InChI is InChI=1S/C28H37BrN3OP/c1-28(2)23-13-7-10-16-26(23)31(3)27(28)21-34(22-11-5-4-6-12-22,32-17-19-33-20-18-32)30-25-15-9-8-14-24(25)29/h7-10,13-16,21-22H,4-6,11-12,17-20H2,1-3H3/b27-21-. The lowest BCUT2D eigenvalue weighted by Crippen LogP contribution is -2.37. The van der Waals surface area contributed by atoms with Gasteiger partial charge in [-0.25, -0.2) is 4.74 Å². The Bertz CT molecular complexity index is 1090. The van der Waals surface area contributed by atoms with Crippen LogP contribution >= 0.6 is 23.1 Å². The van der Waals surface area contributed by atoms with E-state index in [0.717, 1.165) is 36.5 Å². The molecule has 0 aromatic heterocycles. The molecule has 0 amide bonds. The summed E-state index contributed by atoms with van der Waals surface area (Å²) in [5, 5.41) is 0. The van der Waals surface area contributed by atoms with Gasteiger partial charge in [0.05, 0.1) is 26.1 Å². The number of nitrogens with zero attached hydrogens (tertiary/aromatic N) is 3. The molecule has 1 unspecified atom stereocenters. The third kappa shape index (κ3) is 4.34. The molecule has 2 heterocycles. The Morgan fingerprint density at radius 2 is 1.68 bits per heavy atom. The number of ether oxygens (including phenoxy) is 1. The number of rotatable bonds is 4. The first-order valence-electron chi connectivity index (χ1n) is 12.7. The minimum absolute atomic E-state index is 0.0546. The number of para-hydroxylation sites is 1. The topological polar surface area (TPSA) is 28.1 Å². The van der Waals surface area contributed by atoms with Crippen LogP contribution in [-0.2, 0) is 10.2 Å². The molecule has 2 fully saturated rings. The van der Waals surface area contributed by atoms with E-state index >= 15 is 0 Å². The predicted molar refractivity (Wildman–Crippen MR) is 148 cm³/mol. The van der Waals surface area contributed by atoms with Crippen molar-refractivity contribution in [3.05, 3.63) is 70.1 Å². The summed E-state index contributed by atoms with van der Waals surface area (Å²) in [6, 6.07) is 17.4.